The highest BCUT2D eigenvalue weighted by molar-refractivity contribution is 5.70. The third-order valence-corrected chi connectivity index (χ3v) is 0.547. The van der Waals surface area contributed by atoms with Crippen LogP contribution >= 0.6 is 0 Å². The average molecular weight is 119 g/mol. The summed E-state index contributed by atoms with van der Waals surface area (Å²) in [6.45, 7) is 0.108. The number of hydrogen-bond acceptors (Lipinski definition) is 4. The molecule has 0 unspecified atom stereocenters. The summed E-state index contributed by atoms with van der Waals surface area (Å²) in [6.07, 6.45) is 0. The molecule has 48 valence electrons. The van der Waals surface area contributed by atoms with Crippen LogP contribution in [-0.4, -0.2) is 36.8 Å². The summed E-state index contributed by atoms with van der Waals surface area (Å²) < 4.78 is 0. The quantitative estimate of drug-likeness (QED) is 0.395. The molecule has 0 amide bonds. The average Bonchev–Trinajstić information content (AvgIpc) is 1.65. The van der Waals surface area contributed by atoms with Crippen molar-refractivity contribution in [2.24, 2.45) is 0 Å². The summed E-state index contributed by atoms with van der Waals surface area (Å²) >= 11 is 0. The fourth-order valence-corrected chi connectivity index (χ4v) is 0.287. The maximum atomic E-state index is 10.1. The van der Waals surface area contributed by atoms with Crippen LogP contribution in [0.3, 0.4) is 0 Å². The molecular formula is C4H9NO3. The van der Waals surface area contributed by atoms with E-state index >= 15 is 0 Å². The first-order chi connectivity index (χ1) is 3.66. The molecule has 0 spiro atoms. The van der Waals surface area contributed by atoms with Crippen LogP contribution in [0, 0.1) is 0 Å². The molecule has 0 bridgehead atoms. The van der Waals surface area contributed by atoms with E-state index < -0.39 is 5.97 Å². The van der Waals surface area contributed by atoms with Crippen molar-refractivity contribution in [3.63, 3.8) is 0 Å². The monoisotopic (exact) mass is 119 g/mol. The van der Waals surface area contributed by atoms with Gasteiger partial charge in [-0.2, -0.15) is 5.26 Å². The fraction of sp³-hybridized carbons (Fsp3) is 0.750. The SMILES string of the molecule is CN(C)CC(=O)OO. The molecule has 0 aliphatic heterocycles. The molecule has 0 heterocycles. The normalized spacial score (nSPS) is 9.50. The second-order valence-corrected chi connectivity index (χ2v) is 1.70. The van der Waals surface area contributed by atoms with Gasteiger partial charge in [0.2, 0.25) is 0 Å². The van der Waals surface area contributed by atoms with Gasteiger partial charge in [0.15, 0.2) is 0 Å². The first-order valence-corrected chi connectivity index (χ1v) is 2.16. The number of rotatable bonds is 2. The predicted octanol–water partition coefficient (Wildman–Crippen LogP) is -0.436. The highest BCUT2D eigenvalue weighted by atomic mass is 17.1. The van der Waals surface area contributed by atoms with Crippen LogP contribution in [0.25, 0.3) is 0 Å². The predicted molar refractivity (Wildman–Crippen MR) is 27.3 cm³/mol. The molecule has 8 heavy (non-hydrogen) atoms. The van der Waals surface area contributed by atoms with Gasteiger partial charge in [-0.15, -0.1) is 0 Å². The zero-order valence-electron chi connectivity index (χ0n) is 4.92. The molecule has 0 aliphatic carbocycles. The van der Waals surface area contributed by atoms with Crippen LogP contribution in [0.1, 0.15) is 0 Å². The van der Waals surface area contributed by atoms with E-state index in [0.717, 1.165) is 0 Å². The second-order valence-electron chi connectivity index (χ2n) is 1.70. The van der Waals surface area contributed by atoms with Crippen molar-refractivity contribution in [1.82, 2.24) is 4.90 Å². The summed E-state index contributed by atoms with van der Waals surface area (Å²) in [5.74, 6) is -0.644. The summed E-state index contributed by atoms with van der Waals surface area (Å²) in [5.41, 5.74) is 0. The Balaban J connectivity index is 3.25. The first kappa shape index (κ1) is 7.39. The van der Waals surface area contributed by atoms with E-state index in [0.29, 0.717) is 0 Å². The summed E-state index contributed by atoms with van der Waals surface area (Å²) in [5, 5.41) is 7.71. The molecule has 0 fully saturated rings. The zero-order chi connectivity index (χ0) is 6.57. The van der Waals surface area contributed by atoms with E-state index in [2.05, 4.69) is 4.89 Å². The Morgan fingerprint density at radius 3 is 2.38 bits per heavy atom. The minimum Gasteiger partial charge on any atom is -0.300 e. The molecule has 4 nitrogen and oxygen atoms in total. The fourth-order valence-electron chi connectivity index (χ4n) is 0.287. The molecule has 0 saturated carbocycles. The topological polar surface area (TPSA) is 49.8 Å². The van der Waals surface area contributed by atoms with Crippen molar-refractivity contribution in [2.75, 3.05) is 20.6 Å². The minimum absolute atomic E-state index is 0.108. The Bertz CT molecular complexity index is 81.4. The number of hydrogen-bond donors (Lipinski definition) is 1. The van der Waals surface area contributed by atoms with Gasteiger partial charge in [-0.3, -0.25) is 9.79 Å². The van der Waals surface area contributed by atoms with E-state index in [1.165, 1.54) is 0 Å². The summed E-state index contributed by atoms with van der Waals surface area (Å²) in [4.78, 5) is 15.1. The Morgan fingerprint density at radius 2 is 2.25 bits per heavy atom. The third kappa shape index (κ3) is 3.58. The molecule has 0 atom stereocenters. The smallest absolute Gasteiger partial charge is 0.300 e. The second kappa shape index (κ2) is 3.40. The third-order valence-electron chi connectivity index (χ3n) is 0.547. The highest BCUT2D eigenvalue weighted by Gasteiger charge is 2.00. The van der Waals surface area contributed by atoms with Gasteiger partial charge in [0.1, 0.15) is 0 Å². The molecule has 0 aromatic rings. The van der Waals surface area contributed by atoms with E-state index in [1.807, 2.05) is 0 Å². The van der Waals surface area contributed by atoms with Gasteiger partial charge in [-0.1, -0.05) is 0 Å². The maximum Gasteiger partial charge on any atom is 0.355 e. The van der Waals surface area contributed by atoms with Crippen LogP contribution in [0.15, 0.2) is 0 Å². The van der Waals surface area contributed by atoms with Crippen molar-refractivity contribution in [1.29, 1.82) is 0 Å². The van der Waals surface area contributed by atoms with Crippen molar-refractivity contribution in [3.05, 3.63) is 0 Å². The molecule has 4 heteroatoms. The molecule has 1 N–H and O–H groups in total. The zero-order valence-corrected chi connectivity index (χ0v) is 4.92. The molecule has 0 aromatic carbocycles. The molecule has 0 aromatic heterocycles. The van der Waals surface area contributed by atoms with Gasteiger partial charge in [-0.05, 0) is 14.1 Å². The number of nitrogens with zero attached hydrogens (tertiary/aromatic N) is 1. The molecule has 0 rings (SSSR count). The Labute approximate surface area is 47.6 Å². The van der Waals surface area contributed by atoms with E-state index in [9.17, 15) is 4.79 Å². The van der Waals surface area contributed by atoms with Crippen molar-refractivity contribution < 1.29 is 14.9 Å². The van der Waals surface area contributed by atoms with E-state index in [1.54, 1.807) is 19.0 Å². The Hall–Kier alpha value is -0.610. The van der Waals surface area contributed by atoms with Crippen molar-refractivity contribution >= 4 is 5.97 Å². The van der Waals surface area contributed by atoms with Gasteiger partial charge >= 0.3 is 5.97 Å². The first-order valence-electron chi connectivity index (χ1n) is 2.16. The molecule has 0 saturated heterocycles. The molecular weight excluding hydrogens is 110 g/mol. The lowest BCUT2D eigenvalue weighted by Crippen LogP contribution is -2.22. The lowest BCUT2D eigenvalue weighted by Gasteiger charge is -2.03. The Morgan fingerprint density at radius 1 is 1.75 bits per heavy atom. The largest absolute Gasteiger partial charge is 0.355 e. The lowest BCUT2D eigenvalue weighted by atomic mass is 10.6. The van der Waals surface area contributed by atoms with Crippen LogP contribution in [-0.2, 0) is 9.68 Å². The van der Waals surface area contributed by atoms with Crippen LogP contribution in [0.4, 0.5) is 0 Å². The van der Waals surface area contributed by atoms with Gasteiger partial charge in [0.25, 0.3) is 0 Å². The van der Waals surface area contributed by atoms with Crippen LogP contribution in [0.5, 0.6) is 0 Å². The number of carbonyl (C=O) groups excluding carboxylic acids is 1. The van der Waals surface area contributed by atoms with Crippen LogP contribution < -0.4 is 0 Å². The maximum absolute atomic E-state index is 10.1. The van der Waals surface area contributed by atoms with Crippen LogP contribution in [0.2, 0.25) is 0 Å². The number of likely N-dealkylation sites (N-methyl/N-ethyl adjacent to an activating group) is 1. The van der Waals surface area contributed by atoms with E-state index in [4.69, 9.17) is 5.26 Å². The summed E-state index contributed by atoms with van der Waals surface area (Å²) in [7, 11) is 3.41. The Kier molecular flexibility index (Phi) is 3.14. The summed E-state index contributed by atoms with van der Waals surface area (Å²) in [6, 6.07) is 0. The van der Waals surface area contributed by atoms with Gasteiger partial charge in [0, 0.05) is 0 Å². The molecule has 0 radical (unpaired) electrons. The molecule has 0 aliphatic rings. The van der Waals surface area contributed by atoms with Gasteiger partial charge in [-0.25, -0.2) is 4.79 Å². The van der Waals surface area contributed by atoms with E-state index in [-0.39, 0.29) is 6.54 Å². The lowest BCUT2D eigenvalue weighted by molar-refractivity contribution is -0.234. The van der Waals surface area contributed by atoms with Gasteiger partial charge in [0.05, 0.1) is 6.54 Å². The van der Waals surface area contributed by atoms with Crippen molar-refractivity contribution in [2.45, 2.75) is 0 Å². The highest BCUT2D eigenvalue weighted by Crippen LogP contribution is 1.75. The standard InChI is InChI=1S/C4H9NO3/c1-5(2)3-4(6)8-7/h7H,3H2,1-2H3. The van der Waals surface area contributed by atoms with Gasteiger partial charge < -0.3 is 0 Å². The minimum atomic E-state index is -0.644. The number of carbonyl (C=O) groups is 1. The van der Waals surface area contributed by atoms with Crippen molar-refractivity contribution in [3.8, 4) is 0 Å².